The number of fused-ring (bicyclic) bond motifs is 2. The Morgan fingerprint density at radius 1 is 0.857 bits per heavy atom. The number of imidazole rings is 1. The Kier molecular flexibility index (Phi) is 4.21. The maximum atomic E-state index is 4.90. The molecule has 0 fully saturated rings. The molecule has 0 aliphatic carbocycles. The zero-order chi connectivity index (χ0) is 18.9. The van der Waals surface area contributed by atoms with Crippen LogP contribution in [0.2, 0.25) is 0 Å². The Morgan fingerprint density at radius 3 is 2.43 bits per heavy atom. The van der Waals surface area contributed by atoms with E-state index in [0.29, 0.717) is 17.2 Å². The van der Waals surface area contributed by atoms with Gasteiger partial charge in [0.25, 0.3) is 0 Å². The minimum absolute atomic E-state index is 0.645. The average molecular weight is 384 g/mol. The van der Waals surface area contributed by atoms with Gasteiger partial charge in [0, 0.05) is 11.3 Å². The first-order chi connectivity index (χ1) is 13.8. The van der Waals surface area contributed by atoms with Crippen LogP contribution < -0.4 is 0 Å². The summed E-state index contributed by atoms with van der Waals surface area (Å²) >= 11 is 1.61. The topological polar surface area (TPSA) is 80.2 Å². The fourth-order valence-electron chi connectivity index (χ4n) is 3.12. The van der Waals surface area contributed by atoms with Gasteiger partial charge in [-0.3, -0.25) is 0 Å². The molecule has 0 spiro atoms. The highest BCUT2D eigenvalue weighted by Crippen LogP contribution is 2.30. The third kappa shape index (κ3) is 3.10. The number of H-pyrrole nitrogens is 1. The molecule has 5 aromatic rings. The van der Waals surface area contributed by atoms with Crippen molar-refractivity contribution in [3.8, 4) is 11.3 Å². The lowest BCUT2D eigenvalue weighted by atomic mass is 10.1. The Morgan fingerprint density at radius 2 is 1.61 bits per heavy atom. The van der Waals surface area contributed by atoms with Crippen molar-refractivity contribution in [1.29, 1.82) is 0 Å². The third-order valence-corrected chi connectivity index (χ3v) is 5.39. The smallest absolute Gasteiger partial charge is 0.181 e. The minimum atomic E-state index is 0.645. The van der Waals surface area contributed by atoms with Crippen molar-refractivity contribution >= 4 is 34.0 Å². The van der Waals surface area contributed by atoms with Crippen molar-refractivity contribution in [3.63, 3.8) is 0 Å². The summed E-state index contributed by atoms with van der Waals surface area (Å²) in [7, 11) is 0. The van der Waals surface area contributed by atoms with Crippen LogP contribution in [0.1, 0.15) is 11.5 Å². The predicted molar refractivity (Wildman–Crippen MR) is 111 cm³/mol. The number of aromatic amines is 1. The molecule has 0 bridgehead atoms. The highest BCUT2D eigenvalue weighted by molar-refractivity contribution is 7.98. The molecule has 5 rings (SSSR count). The van der Waals surface area contributed by atoms with E-state index in [0.717, 1.165) is 38.5 Å². The van der Waals surface area contributed by atoms with Gasteiger partial charge in [-0.05, 0) is 19.1 Å². The van der Waals surface area contributed by atoms with E-state index in [4.69, 9.17) is 9.97 Å². The van der Waals surface area contributed by atoms with E-state index in [-0.39, 0.29) is 0 Å². The quantitative estimate of drug-likeness (QED) is 0.361. The number of aryl methyl sites for hydroxylation is 1. The van der Waals surface area contributed by atoms with E-state index in [2.05, 4.69) is 32.1 Å². The second kappa shape index (κ2) is 7.01. The highest BCUT2D eigenvalue weighted by atomic mass is 32.2. The van der Waals surface area contributed by atoms with Crippen molar-refractivity contribution in [2.45, 2.75) is 17.7 Å². The van der Waals surface area contributed by atoms with Crippen molar-refractivity contribution in [2.24, 2.45) is 0 Å². The van der Waals surface area contributed by atoms with E-state index in [9.17, 15) is 0 Å². The van der Waals surface area contributed by atoms with Gasteiger partial charge < -0.3 is 4.98 Å². The molecule has 6 nitrogen and oxygen atoms in total. The number of thioether (sulfide) groups is 1. The standard InChI is InChI=1S/C21H16N6S/c1-13-24-20-19(22-12-23-20)21(25-13)28-11-17-18(14-7-3-2-4-8-14)27-16-10-6-5-9-15(16)26-17/h2-10,12H,11H2,1H3,(H,22,23,24,25). The van der Waals surface area contributed by atoms with Crippen LogP contribution in [-0.2, 0) is 5.75 Å². The Labute approximate surface area is 165 Å². The number of hydrogen-bond donors (Lipinski definition) is 1. The number of nitrogens with zero attached hydrogens (tertiary/aromatic N) is 5. The molecule has 1 N–H and O–H groups in total. The van der Waals surface area contributed by atoms with E-state index in [1.165, 1.54) is 0 Å². The zero-order valence-electron chi connectivity index (χ0n) is 15.1. The summed E-state index contributed by atoms with van der Waals surface area (Å²) in [6.07, 6.45) is 1.65. The minimum Gasteiger partial charge on any atom is -0.341 e. The molecule has 0 atom stereocenters. The van der Waals surface area contributed by atoms with Gasteiger partial charge in [0.15, 0.2) is 5.65 Å². The summed E-state index contributed by atoms with van der Waals surface area (Å²) in [4.78, 5) is 26.1. The van der Waals surface area contributed by atoms with Gasteiger partial charge in [0.1, 0.15) is 16.4 Å². The first-order valence-corrected chi connectivity index (χ1v) is 9.88. The van der Waals surface area contributed by atoms with E-state index >= 15 is 0 Å². The lowest BCUT2D eigenvalue weighted by molar-refractivity contribution is 0.998. The van der Waals surface area contributed by atoms with Gasteiger partial charge in [0.2, 0.25) is 0 Å². The molecule has 0 unspecified atom stereocenters. The number of hydrogen-bond acceptors (Lipinski definition) is 6. The number of nitrogens with one attached hydrogen (secondary N) is 1. The van der Waals surface area contributed by atoms with Crippen LogP contribution in [0.3, 0.4) is 0 Å². The molecule has 136 valence electrons. The molecule has 3 heterocycles. The first kappa shape index (κ1) is 16.8. The van der Waals surface area contributed by atoms with Crippen molar-refractivity contribution in [1.82, 2.24) is 29.9 Å². The fraction of sp³-hybridized carbons (Fsp3) is 0.0952. The lowest BCUT2D eigenvalue weighted by Crippen LogP contribution is -1.99. The van der Waals surface area contributed by atoms with Crippen molar-refractivity contribution in [3.05, 3.63) is 72.4 Å². The summed E-state index contributed by atoms with van der Waals surface area (Å²) in [5, 5.41) is 0.869. The highest BCUT2D eigenvalue weighted by Gasteiger charge is 2.14. The second-order valence-corrected chi connectivity index (χ2v) is 7.30. The largest absolute Gasteiger partial charge is 0.341 e. The predicted octanol–water partition coefficient (Wildman–Crippen LogP) is 4.56. The van der Waals surface area contributed by atoms with Gasteiger partial charge in [-0.15, -0.1) is 0 Å². The summed E-state index contributed by atoms with van der Waals surface area (Å²) in [6, 6.07) is 18.1. The Hall–Kier alpha value is -3.32. The first-order valence-electron chi connectivity index (χ1n) is 8.89. The van der Waals surface area contributed by atoms with Crippen molar-refractivity contribution < 1.29 is 0 Å². The van der Waals surface area contributed by atoms with Crippen LogP contribution in [0, 0.1) is 6.92 Å². The van der Waals surface area contributed by atoms with E-state index < -0.39 is 0 Å². The maximum Gasteiger partial charge on any atom is 0.181 e. The van der Waals surface area contributed by atoms with Gasteiger partial charge in [-0.2, -0.15) is 0 Å². The molecule has 0 aliphatic rings. The number of benzene rings is 2. The lowest BCUT2D eigenvalue weighted by Gasteiger charge is -2.10. The van der Waals surface area contributed by atoms with Gasteiger partial charge in [-0.1, -0.05) is 54.2 Å². The SMILES string of the molecule is Cc1nc(SCc2nc3ccccc3nc2-c2ccccc2)c2[nH]cnc2n1. The van der Waals surface area contributed by atoms with Crippen molar-refractivity contribution in [2.75, 3.05) is 0 Å². The average Bonchev–Trinajstić information content (AvgIpc) is 3.20. The number of rotatable bonds is 4. The molecular formula is C21H16N6S. The van der Waals surface area contributed by atoms with Crippen LogP contribution in [0.4, 0.5) is 0 Å². The molecule has 0 amide bonds. The Bertz CT molecular complexity index is 1280. The fourth-order valence-corrected chi connectivity index (χ4v) is 4.08. The molecule has 7 heteroatoms. The molecule has 0 saturated heterocycles. The van der Waals surface area contributed by atoms with E-state index in [1.54, 1.807) is 18.1 Å². The third-order valence-electron chi connectivity index (χ3n) is 4.40. The number of aromatic nitrogens is 6. The van der Waals surface area contributed by atoms with Crippen LogP contribution in [0.5, 0.6) is 0 Å². The monoisotopic (exact) mass is 384 g/mol. The summed E-state index contributed by atoms with van der Waals surface area (Å²) in [6.45, 7) is 1.88. The molecule has 0 aliphatic heterocycles. The van der Waals surface area contributed by atoms with Gasteiger partial charge >= 0.3 is 0 Å². The molecule has 3 aromatic heterocycles. The van der Waals surface area contributed by atoms with Gasteiger partial charge in [0.05, 0.1) is 28.7 Å². The zero-order valence-corrected chi connectivity index (χ0v) is 15.9. The van der Waals surface area contributed by atoms with Crippen LogP contribution in [-0.4, -0.2) is 29.9 Å². The van der Waals surface area contributed by atoms with Crippen LogP contribution in [0.25, 0.3) is 33.5 Å². The molecule has 2 aromatic carbocycles. The molecule has 0 radical (unpaired) electrons. The molecule has 0 saturated carbocycles. The summed E-state index contributed by atoms with van der Waals surface area (Å²) in [5.74, 6) is 1.35. The maximum absolute atomic E-state index is 4.90. The summed E-state index contributed by atoms with van der Waals surface area (Å²) < 4.78 is 0. The van der Waals surface area contributed by atoms with Gasteiger partial charge in [-0.25, -0.2) is 24.9 Å². The van der Waals surface area contributed by atoms with Crippen LogP contribution >= 0.6 is 11.8 Å². The van der Waals surface area contributed by atoms with E-state index in [1.807, 2.05) is 49.4 Å². The molecule has 28 heavy (non-hydrogen) atoms. The number of para-hydroxylation sites is 2. The second-order valence-electron chi connectivity index (χ2n) is 6.34. The van der Waals surface area contributed by atoms with Crippen LogP contribution in [0.15, 0.2) is 66.0 Å². The summed E-state index contributed by atoms with van der Waals surface area (Å²) in [5.41, 5.74) is 6.21. The normalized spacial score (nSPS) is 11.3. The Balaban J connectivity index is 1.58. The molecular weight excluding hydrogens is 368 g/mol.